The van der Waals surface area contributed by atoms with Crippen LogP contribution in [0.4, 0.5) is 4.39 Å². The molecule has 2 aromatic carbocycles. The Morgan fingerprint density at radius 3 is 2.52 bits per heavy atom. The van der Waals surface area contributed by atoms with Crippen LogP contribution in [0, 0.1) is 17.1 Å². The van der Waals surface area contributed by atoms with Crippen LogP contribution >= 0.6 is 0 Å². The highest BCUT2D eigenvalue weighted by atomic mass is 32.2. The van der Waals surface area contributed by atoms with Gasteiger partial charge in [0.05, 0.1) is 22.3 Å². The van der Waals surface area contributed by atoms with E-state index >= 15 is 0 Å². The number of nitrogens with zero attached hydrogens (tertiary/aromatic N) is 1. The molecule has 6 heteroatoms. The van der Waals surface area contributed by atoms with E-state index in [0.717, 1.165) is 6.07 Å². The second-order valence-electron chi connectivity index (χ2n) is 4.39. The molecule has 2 rings (SSSR count). The number of phenols is 1. The summed E-state index contributed by atoms with van der Waals surface area (Å²) in [7, 11) is -3.44. The molecule has 0 unspecified atom stereocenters. The maximum Gasteiger partial charge on any atom is 0.178 e. The summed E-state index contributed by atoms with van der Waals surface area (Å²) in [5.74, 6) is -0.825. The van der Waals surface area contributed by atoms with Crippen molar-refractivity contribution < 1.29 is 17.9 Å². The van der Waals surface area contributed by atoms with Crippen LogP contribution in [-0.4, -0.2) is 19.3 Å². The van der Waals surface area contributed by atoms with Gasteiger partial charge in [-0.15, -0.1) is 0 Å². The van der Waals surface area contributed by atoms with Gasteiger partial charge in [-0.2, -0.15) is 5.26 Å². The topological polar surface area (TPSA) is 78.2 Å². The van der Waals surface area contributed by atoms with Crippen molar-refractivity contribution in [3.05, 3.63) is 47.8 Å². The highest BCUT2D eigenvalue weighted by Crippen LogP contribution is 2.30. The summed E-state index contributed by atoms with van der Waals surface area (Å²) in [4.78, 5) is 0.0193. The number of hydrogen-bond acceptors (Lipinski definition) is 4. The van der Waals surface area contributed by atoms with E-state index in [1.807, 2.05) is 6.07 Å². The number of sulfone groups is 1. The zero-order valence-corrected chi connectivity index (χ0v) is 12.0. The third-order valence-electron chi connectivity index (χ3n) is 3.09. The van der Waals surface area contributed by atoms with Crippen LogP contribution in [0.2, 0.25) is 0 Å². The van der Waals surface area contributed by atoms with Gasteiger partial charge in [-0.25, -0.2) is 12.8 Å². The second kappa shape index (κ2) is 5.54. The number of benzene rings is 2. The van der Waals surface area contributed by atoms with Gasteiger partial charge < -0.3 is 5.11 Å². The summed E-state index contributed by atoms with van der Waals surface area (Å²) in [5, 5.41) is 18.6. The first-order chi connectivity index (χ1) is 9.89. The molecule has 108 valence electrons. The fourth-order valence-corrected chi connectivity index (χ4v) is 2.84. The maximum absolute atomic E-state index is 13.8. The third-order valence-corrected chi connectivity index (χ3v) is 4.82. The molecule has 0 aliphatic heterocycles. The fourth-order valence-electron chi connectivity index (χ4n) is 1.93. The average Bonchev–Trinajstić information content (AvgIpc) is 2.49. The molecule has 1 N–H and O–H groups in total. The molecular formula is C15H12FNO3S. The van der Waals surface area contributed by atoms with Gasteiger partial charge in [-0.05, 0) is 30.3 Å². The van der Waals surface area contributed by atoms with Crippen LogP contribution in [0.1, 0.15) is 12.5 Å². The number of phenolic OH excluding ortho intramolecular Hbond substituents is 1. The quantitative estimate of drug-likeness (QED) is 0.945. The third kappa shape index (κ3) is 2.88. The summed E-state index contributed by atoms with van der Waals surface area (Å²) in [6, 6.07) is 9.27. The van der Waals surface area contributed by atoms with Crippen LogP contribution < -0.4 is 0 Å². The van der Waals surface area contributed by atoms with Crippen molar-refractivity contribution in [3.8, 4) is 22.9 Å². The number of hydrogen-bond donors (Lipinski definition) is 1. The lowest BCUT2D eigenvalue weighted by atomic mass is 10.00. The van der Waals surface area contributed by atoms with E-state index in [1.54, 1.807) is 0 Å². The van der Waals surface area contributed by atoms with Crippen molar-refractivity contribution in [2.75, 3.05) is 5.75 Å². The highest BCUT2D eigenvalue weighted by molar-refractivity contribution is 7.91. The summed E-state index contributed by atoms with van der Waals surface area (Å²) < 4.78 is 37.5. The van der Waals surface area contributed by atoms with Gasteiger partial charge in [0.15, 0.2) is 9.84 Å². The van der Waals surface area contributed by atoms with Gasteiger partial charge in [0.25, 0.3) is 0 Å². The molecule has 0 spiro atoms. The van der Waals surface area contributed by atoms with E-state index in [0.29, 0.717) is 0 Å². The maximum atomic E-state index is 13.8. The predicted octanol–water partition coefficient (Wildman–Crippen LogP) is 2.86. The molecule has 0 heterocycles. The lowest BCUT2D eigenvalue weighted by Gasteiger charge is -2.09. The monoisotopic (exact) mass is 305 g/mol. The molecule has 0 aromatic heterocycles. The van der Waals surface area contributed by atoms with Crippen molar-refractivity contribution in [1.82, 2.24) is 0 Å². The smallest absolute Gasteiger partial charge is 0.178 e. The summed E-state index contributed by atoms with van der Waals surface area (Å²) >= 11 is 0. The first kappa shape index (κ1) is 15.0. The lowest BCUT2D eigenvalue weighted by molar-refractivity contribution is 0.473. The van der Waals surface area contributed by atoms with Gasteiger partial charge in [0.1, 0.15) is 11.6 Å². The molecule has 0 aliphatic carbocycles. The minimum absolute atomic E-state index is 0.0193. The Balaban J connectivity index is 2.67. The van der Waals surface area contributed by atoms with Gasteiger partial charge in [-0.3, -0.25) is 0 Å². The Kier molecular flexibility index (Phi) is 3.96. The van der Waals surface area contributed by atoms with E-state index in [2.05, 4.69) is 0 Å². The first-order valence-electron chi connectivity index (χ1n) is 6.15. The van der Waals surface area contributed by atoms with Gasteiger partial charge in [0.2, 0.25) is 0 Å². The number of rotatable bonds is 3. The highest BCUT2D eigenvalue weighted by Gasteiger charge is 2.16. The summed E-state index contributed by atoms with van der Waals surface area (Å²) in [5.41, 5.74) is 0.321. The van der Waals surface area contributed by atoms with Crippen LogP contribution in [-0.2, 0) is 9.84 Å². The van der Waals surface area contributed by atoms with Crippen molar-refractivity contribution >= 4 is 9.84 Å². The molecule has 0 radical (unpaired) electrons. The zero-order chi connectivity index (χ0) is 15.6. The minimum Gasteiger partial charge on any atom is -0.508 e. The van der Waals surface area contributed by atoms with Crippen LogP contribution in [0.5, 0.6) is 5.75 Å². The van der Waals surface area contributed by atoms with E-state index in [-0.39, 0.29) is 33.1 Å². The van der Waals surface area contributed by atoms with Crippen LogP contribution in [0.25, 0.3) is 11.1 Å². The zero-order valence-electron chi connectivity index (χ0n) is 11.2. The predicted molar refractivity (Wildman–Crippen MR) is 75.9 cm³/mol. The van der Waals surface area contributed by atoms with Crippen molar-refractivity contribution in [3.63, 3.8) is 0 Å². The largest absolute Gasteiger partial charge is 0.508 e. The Bertz CT molecular complexity index is 838. The standard InChI is InChI=1S/C15H12FNO3S/c1-2-21(19,20)12-4-5-13(10(7-12)9-17)14-8-11(18)3-6-15(14)16/h3-8,18H,2H2,1H3. The Morgan fingerprint density at radius 1 is 1.19 bits per heavy atom. The fraction of sp³-hybridized carbons (Fsp3) is 0.133. The van der Waals surface area contributed by atoms with Gasteiger partial charge in [0, 0.05) is 11.1 Å². The number of aromatic hydroxyl groups is 1. The molecule has 2 aromatic rings. The van der Waals surface area contributed by atoms with E-state index in [9.17, 15) is 23.2 Å². The molecule has 0 aliphatic rings. The van der Waals surface area contributed by atoms with E-state index in [1.165, 1.54) is 37.3 Å². The molecular weight excluding hydrogens is 293 g/mol. The first-order valence-corrected chi connectivity index (χ1v) is 7.80. The Morgan fingerprint density at radius 2 is 1.90 bits per heavy atom. The normalized spacial score (nSPS) is 11.1. The molecule has 0 fully saturated rings. The minimum atomic E-state index is -3.44. The SMILES string of the molecule is CCS(=O)(=O)c1ccc(-c2cc(O)ccc2F)c(C#N)c1. The summed E-state index contributed by atoms with van der Waals surface area (Å²) in [6.45, 7) is 1.50. The molecule has 0 saturated carbocycles. The Hall–Kier alpha value is -2.39. The van der Waals surface area contributed by atoms with Gasteiger partial charge >= 0.3 is 0 Å². The van der Waals surface area contributed by atoms with Crippen molar-refractivity contribution in [2.24, 2.45) is 0 Å². The van der Waals surface area contributed by atoms with Crippen molar-refractivity contribution in [1.29, 1.82) is 5.26 Å². The van der Waals surface area contributed by atoms with Crippen LogP contribution in [0.15, 0.2) is 41.3 Å². The number of halogens is 1. The van der Waals surface area contributed by atoms with E-state index in [4.69, 9.17) is 0 Å². The van der Waals surface area contributed by atoms with Crippen LogP contribution in [0.3, 0.4) is 0 Å². The van der Waals surface area contributed by atoms with Crippen molar-refractivity contribution in [2.45, 2.75) is 11.8 Å². The number of nitriles is 1. The van der Waals surface area contributed by atoms with Gasteiger partial charge in [-0.1, -0.05) is 13.0 Å². The average molecular weight is 305 g/mol. The van der Waals surface area contributed by atoms with E-state index < -0.39 is 15.7 Å². The lowest BCUT2D eigenvalue weighted by Crippen LogP contribution is -2.04. The summed E-state index contributed by atoms with van der Waals surface area (Å²) in [6.07, 6.45) is 0. The molecule has 0 amide bonds. The molecule has 4 nitrogen and oxygen atoms in total. The second-order valence-corrected chi connectivity index (χ2v) is 6.67. The molecule has 21 heavy (non-hydrogen) atoms. The Labute approximate surface area is 122 Å². The molecule has 0 saturated heterocycles. The molecule has 0 bridgehead atoms. The molecule has 0 atom stereocenters.